The van der Waals surface area contributed by atoms with Gasteiger partial charge in [-0.1, -0.05) is 13.0 Å². The number of benzene rings is 2. The number of rotatable bonds is 4. The highest BCUT2D eigenvalue weighted by Gasteiger charge is 2.30. The van der Waals surface area contributed by atoms with Crippen LogP contribution >= 0.6 is 0 Å². The maximum Gasteiger partial charge on any atom is 0.271 e. The van der Waals surface area contributed by atoms with Crippen LogP contribution in [-0.4, -0.2) is 27.2 Å². The van der Waals surface area contributed by atoms with E-state index in [0.717, 1.165) is 5.56 Å². The molecule has 7 nitrogen and oxygen atoms in total. The molecular weight excluding hydrogens is 363 g/mol. The van der Waals surface area contributed by atoms with E-state index in [9.17, 15) is 19.3 Å². The second kappa shape index (κ2) is 6.88. The van der Waals surface area contributed by atoms with Crippen LogP contribution in [-0.2, 0) is 12.8 Å². The fraction of sp³-hybridized carbons (Fsp3) is 0.200. The quantitative estimate of drug-likeness (QED) is 0.511. The van der Waals surface area contributed by atoms with Crippen molar-refractivity contribution in [3.8, 4) is 5.69 Å². The molecular formula is C20H17FN4O3. The van der Waals surface area contributed by atoms with E-state index >= 15 is 0 Å². The Balaban J connectivity index is 1.72. The van der Waals surface area contributed by atoms with Crippen molar-refractivity contribution in [2.45, 2.75) is 19.8 Å². The molecule has 1 amide bonds. The highest BCUT2D eigenvalue weighted by molar-refractivity contribution is 6.08. The minimum Gasteiger partial charge on any atom is -0.307 e. The Morgan fingerprint density at radius 3 is 2.68 bits per heavy atom. The number of carbonyl (C=O) groups excluding carboxylic acids is 1. The number of nitrogens with zero attached hydrogens (tertiary/aromatic N) is 4. The Morgan fingerprint density at radius 1 is 1.25 bits per heavy atom. The lowest BCUT2D eigenvalue weighted by Gasteiger charge is -2.17. The molecule has 0 spiro atoms. The Kier molecular flexibility index (Phi) is 4.38. The van der Waals surface area contributed by atoms with Crippen LogP contribution in [0.5, 0.6) is 0 Å². The van der Waals surface area contributed by atoms with E-state index in [1.807, 2.05) is 6.92 Å². The molecule has 3 aromatic rings. The fourth-order valence-corrected chi connectivity index (χ4v) is 3.53. The predicted octanol–water partition coefficient (Wildman–Crippen LogP) is 3.68. The molecule has 142 valence electrons. The van der Waals surface area contributed by atoms with Crippen molar-refractivity contribution >= 4 is 17.3 Å². The molecule has 0 unspecified atom stereocenters. The number of halogens is 1. The molecule has 4 rings (SSSR count). The molecule has 28 heavy (non-hydrogen) atoms. The van der Waals surface area contributed by atoms with E-state index < -0.39 is 4.92 Å². The van der Waals surface area contributed by atoms with Gasteiger partial charge in [0.15, 0.2) is 0 Å². The third-order valence-corrected chi connectivity index (χ3v) is 4.93. The highest BCUT2D eigenvalue weighted by atomic mass is 19.1. The van der Waals surface area contributed by atoms with Crippen molar-refractivity contribution in [3.63, 3.8) is 0 Å². The number of aromatic nitrogens is 2. The lowest BCUT2D eigenvalue weighted by molar-refractivity contribution is -0.384. The topological polar surface area (TPSA) is 81.3 Å². The molecule has 2 heterocycles. The molecule has 1 aromatic heterocycles. The van der Waals surface area contributed by atoms with Gasteiger partial charge in [-0.15, -0.1) is 0 Å². The molecule has 8 heteroatoms. The van der Waals surface area contributed by atoms with Crippen molar-refractivity contribution < 1.29 is 14.1 Å². The monoisotopic (exact) mass is 380 g/mol. The molecule has 1 aliphatic rings. The van der Waals surface area contributed by atoms with Gasteiger partial charge < -0.3 is 4.90 Å². The zero-order chi connectivity index (χ0) is 19.8. The smallest absolute Gasteiger partial charge is 0.271 e. The minimum absolute atomic E-state index is 0.0452. The van der Waals surface area contributed by atoms with Crippen LogP contribution in [0.15, 0.2) is 48.7 Å². The Hall–Kier alpha value is -3.55. The van der Waals surface area contributed by atoms with Crippen molar-refractivity contribution in [1.82, 2.24) is 9.78 Å². The molecule has 2 aromatic carbocycles. The van der Waals surface area contributed by atoms with Crippen molar-refractivity contribution in [1.29, 1.82) is 0 Å². The number of nitro groups is 1. The minimum atomic E-state index is -0.467. The van der Waals surface area contributed by atoms with Gasteiger partial charge in [-0.2, -0.15) is 5.10 Å². The summed E-state index contributed by atoms with van der Waals surface area (Å²) in [6, 6.07) is 10.5. The maximum absolute atomic E-state index is 13.2. The second-order valence-electron chi connectivity index (χ2n) is 6.52. The SMILES string of the molecule is CCc1c(C(=O)N2CCc3ccc([N+](=O)[O-])cc32)cnn1-c1ccc(F)cc1. The number of carbonyl (C=O) groups is 1. The molecule has 0 saturated carbocycles. The molecule has 0 radical (unpaired) electrons. The van der Waals surface area contributed by atoms with Gasteiger partial charge in [0.2, 0.25) is 0 Å². The standard InChI is InChI=1S/C20H17FN4O3/c1-2-18-17(12-22-24(18)15-7-4-14(21)5-8-15)20(26)23-10-9-13-3-6-16(25(27)28)11-19(13)23/h3-8,11-12H,2,9-10H2,1H3. The van der Waals surface area contributed by atoms with Crippen molar-refractivity contribution in [2.75, 3.05) is 11.4 Å². The summed E-state index contributed by atoms with van der Waals surface area (Å²) in [4.78, 5) is 25.4. The number of hydrogen-bond acceptors (Lipinski definition) is 4. The molecule has 0 aliphatic carbocycles. The zero-order valence-corrected chi connectivity index (χ0v) is 15.1. The van der Waals surface area contributed by atoms with Crippen molar-refractivity contribution in [2.24, 2.45) is 0 Å². The first kappa shape index (κ1) is 17.8. The fourth-order valence-electron chi connectivity index (χ4n) is 3.53. The maximum atomic E-state index is 13.2. The normalized spacial score (nSPS) is 12.9. The summed E-state index contributed by atoms with van der Waals surface area (Å²) in [5, 5.41) is 15.4. The van der Waals surface area contributed by atoms with E-state index in [-0.39, 0.29) is 17.4 Å². The van der Waals surface area contributed by atoms with E-state index in [4.69, 9.17) is 0 Å². The molecule has 0 fully saturated rings. The van der Waals surface area contributed by atoms with Gasteiger partial charge in [-0.05, 0) is 42.7 Å². The third-order valence-electron chi connectivity index (χ3n) is 4.93. The summed E-state index contributed by atoms with van der Waals surface area (Å²) in [5.41, 5.74) is 3.23. The third kappa shape index (κ3) is 2.92. The largest absolute Gasteiger partial charge is 0.307 e. The number of amides is 1. The average Bonchev–Trinajstić information content (AvgIpc) is 3.31. The Morgan fingerprint density at radius 2 is 2.00 bits per heavy atom. The van der Waals surface area contributed by atoms with Crippen LogP contribution in [0.3, 0.4) is 0 Å². The van der Waals surface area contributed by atoms with Crippen LogP contribution in [0.4, 0.5) is 15.8 Å². The second-order valence-corrected chi connectivity index (χ2v) is 6.52. The van der Waals surface area contributed by atoms with Gasteiger partial charge in [0, 0.05) is 18.7 Å². The first-order chi connectivity index (χ1) is 13.5. The van der Waals surface area contributed by atoms with Gasteiger partial charge in [0.25, 0.3) is 11.6 Å². The predicted molar refractivity (Wildman–Crippen MR) is 101 cm³/mol. The van der Waals surface area contributed by atoms with E-state index in [0.29, 0.717) is 42.0 Å². The highest BCUT2D eigenvalue weighted by Crippen LogP contribution is 2.33. The molecule has 0 atom stereocenters. The zero-order valence-electron chi connectivity index (χ0n) is 15.1. The summed E-state index contributed by atoms with van der Waals surface area (Å²) < 4.78 is 14.8. The van der Waals surface area contributed by atoms with E-state index in [2.05, 4.69) is 5.10 Å². The van der Waals surface area contributed by atoms with Gasteiger partial charge in [-0.3, -0.25) is 14.9 Å². The van der Waals surface area contributed by atoms with Gasteiger partial charge in [-0.25, -0.2) is 9.07 Å². The van der Waals surface area contributed by atoms with Crippen molar-refractivity contribution in [3.05, 3.63) is 81.4 Å². The average molecular weight is 380 g/mol. The number of fused-ring (bicyclic) bond motifs is 1. The molecule has 1 aliphatic heterocycles. The molecule has 0 saturated heterocycles. The number of nitro benzene ring substituents is 1. The lowest BCUT2D eigenvalue weighted by atomic mass is 10.1. The lowest BCUT2D eigenvalue weighted by Crippen LogP contribution is -2.29. The van der Waals surface area contributed by atoms with Crippen LogP contribution in [0.1, 0.15) is 28.5 Å². The summed E-state index contributed by atoms with van der Waals surface area (Å²) >= 11 is 0. The van der Waals surface area contributed by atoms with Gasteiger partial charge in [0.1, 0.15) is 5.82 Å². The van der Waals surface area contributed by atoms with E-state index in [1.54, 1.807) is 27.8 Å². The number of hydrogen-bond donors (Lipinski definition) is 0. The Labute approximate surface area is 160 Å². The molecule has 0 bridgehead atoms. The summed E-state index contributed by atoms with van der Waals surface area (Å²) in [7, 11) is 0. The van der Waals surface area contributed by atoms with Crippen LogP contribution in [0.25, 0.3) is 5.69 Å². The number of anilines is 1. The van der Waals surface area contributed by atoms with Gasteiger partial charge in [0.05, 0.1) is 33.8 Å². The summed E-state index contributed by atoms with van der Waals surface area (Å²) in [5.74, 6) is -0.593. The first-order valence-electron chi connectivity index (χ1n) is 8.91. The number of non-ortho nitro benzene ring substituents is 1. The first-order valence-corrected chi connectivity index (χ1v) is 8.91. The van der Waals surface area contributed by atoms with Crippen LogP contribution in [0.2, 0.25) is 0 Å². The summed E-state index contributed by atoms with van der Waals surface area (Å²) in [6.45, 7) is 2.37. The molecule has 0 N–H and O–H groups in total. The van der Waals surface area contributed by atoms with Crippen LogP contribution in [0, 0.1) is 15.9 Å². The van der Waals surface area contributed by atoms with Crippen LogP contribution < -0.4 is 4.90 Å². The summed E-state index contributed by atoms with van der Waals surface area (Å²) in [6.07, 6.45) is 2.70. The van der Waals surface area contributed by atoms with Gasteiger partial charge >= 0.3 is 0 Å². The Bertz CT molecular complexity index is 1080. The van der Waals surface area contributed by atoms with E-state index in [1.165, 1.54) is 30.5 Å².